The van der Waals surface area contributed by atoms with E-state index >= 15 is 0 Å². The van der Waals surface area contributed by atoms with E-state index in [1.54, 1.807) is 0 Å². The number of hydrogen-bond acceptors (Lipinski definition) is 1. The molecule has 0 radical (unpaired) electrons. The van der Waals surface area contributed by atoms with Crippen molar-refractivity contribution in [3.63, 3.8) is 0 Å². The number of methoxy groups -OCH3 is 1. The van der Waals surface area contributed by atoms with Crippen molar-refractivity contribution in [2.45, 2.75) is 37.7 Å². The zero-order valence-corrected chi connectivity index (χ0v) is 9.83. The number of ether oxygens (including phenoxy) is 1. The van der Waals surface area contributed by atoms with Crippen molar-refractivity contribution >= 4 is 8.58 Å². The van der Waals surface area contributed by atoms with Crippen molar-refractivity contribution in [3.8, 4) is 0 Å². The zero-order valence-electron chi connectivity index (χ0n) is 8.83. The van der Waals surface area contributed by atoms with Gasteiger partial charge in [0.15, 0.2) is 0 Å². The zero-order chi connectivity index (χ0) is 9.86. The van der Waals surface area contributed by atoms with Crippen molar-refractivity contribution in [1.29, 1.82) is 0 Å². The van der Waals surface area contributed by atoms with Gasteiger partial charge >= 0.3 is 0 Å². The first-order chi connectivity index (χ1) is 6.87. The van der Waals surface area contributed by atoms with Crippen molar-refractivity contribution in [1.82, 2.24) is 0 Å². The molecule has 0 atom stereocenters. The van der Waals surface area contributed by atoms with Crippen LogP contribution in [0.15, 0.2) is 23.8 Å². The average molecular weight is 210 g/mol. The van der Waals surface area contributed by atoms with E-state index in [1.165, 1.54) is 32.1 Å². The Kier molecular flexibility index (Phi) is 3.41. The van der Waals surface area contributed by atoms with E-state index in [1.807, 2.05) is 7.11 Å². The van der Waals surface area contributed by atoms with Gasteiger partial charge in [-0.2, -0.15) is 0 Å². The maximum Gasteiger partial charge on any atom is 0.107 e. The third-order valence-corrected chi connectivity index (χ3v) is 4.20. The predicted octanol–water partition coefficient (Wildman–Crippen LogP) is 3.67. The predicted molar refractivity (Wildman–Crippen MR) is 62.9 cm³/mol. The quantitative estimate of drug-likeness (QED) is 0.632. The number of hydrogen-bond donors (Lipinski definition) is 0. The molecule has 0 amide bonds. The summed E-state index contributed by atoms with van der Waals surface area (Å²) in [5.41, 5.74) is -0.0638. The van der Waals surface area contributed by atoms with Gasteiger partial charge in [0.2, 0.25) is 0 Å². The summed E-state index contributed by atoms with van der Waals surface area (Å²) in [7, 11) is 2.69. The fourth-order valence-electron chi connectivity index (χ4n) is 2.60. The second-order valence-corrected chi connectivity index (χ2v) is 5.23. The minimum Gasteiger partial charge on any atom is -0.370 e. The van der Waals surface area contributed by atoms with E-state index in [0.717, 1.165) is 8.58 Å². The van der Waals surface area contributed by atoms with E-state index in [9.17, 15) is 0 Å². The highest BCUT2D eigenvalue weighted by Crippen LogP contribution is 2.40. The third-order valence-electron chi connectivity index (χ3n) is 3.48. The smallest absolute Gasteiger partial charge is 0.107 e. The Balaban J connectivity index is 2.13. The van der Waals surface area contributed by atoms with Crippen LogP contribution in [0, 0.1) is 5.92 Å². The highest BCUT2D eigenvalue weighted by molar-refractivity contribution is 7.45. The van der Waals surface area contributed by atoms with Gasteiger partial charge in [0.25, 0.3) is 0 Å². The van der Waals surface area contributed by atoms with Crippen molar-refractivity contribution in [3.05, 3.63) is 23.8 Å². The Morgan fingerprint density at radius 1 is 1.14 bits per heavy atom. The monoisotopic (exact) mass is 210 g/mol. The first-order valence-electron chi connectivity index (χ1n) is 5.54. The summed E-state index contributed by atoms with van der Waals surface area (Å²) in [6.45, 7) is 0. The normalized spacial score (nSPS) is 35.2. The average Bonchev–Trinajstić information content (AvgIpc) is 2.31. The molecule has 1 heterocycles. The van der Waals surface area contributed by atoms with Crippen LogP contribution in [0.3, 0.4) is 0 Å². The lowest BCUT2D eigenvalue weighted by atomic mass is 9.76. The standard InChI is InChI=1S/C12H19OP/c1-13-12(7-9-14-10-8-12)11-5-3-2-4-6-11/h7-11,14H,2-6H2,1H3. The van der Waals surface area contributed by atoms with E-state index in [-0.39, 0.29) is 5.60 Å². The van der Waals surface area contributed by atoms with E-state index in [2.05, 4.69) is 23.8 Å². The summed E-state index contributed by atoms with van der Waals surface area (Å²) in [6, 6.07) is 0. The van der Waals surface area contributed by atoms with Gasteiger partial charge in [-0.25, -0.2) is 0 Å². The molecule has 0 N–H and O–H groups in total. The summed E-state index contributed by atoms with van der Waals surface area (Å²) < 4.78 is 5.75. The van der Waals surface area contributed by atoms with Gasteiger partial charge in [-0.3, -0.25) is 0 Å². The summed E-state index contributed by atoms with van der Waals surface area (Å²) in [4.78, 5) is 0. The molecule has 2 aliphatic rings. The topological polar surface area (TPSA) is 9.23 Å². The minimum absolute atomic E-state index is 0.0638. The summed E-state index contributed by atoms with van der Waals surface area (Å²) >= 11 is 0. The lowest BCUT2D eigenvalue weighted by molar-refractivity contribution is 0.00800. The molecule has 1 aliphatic heterocycles. The van der Waals surface area contributed by atoms with E-state index in [4.69, 9.17) is 4.74 Å². The van der Waals surface area contributed by atoms with Gasteiger partial charge < -0.3 is 4.74 Å². The van der Waals surface area contributed by atoms with Gasteiger partial charge in [-0.05, 0) is 30.9 Å². The third kappa shape index (κ3) is 1.94. The number of rotatable bonds is 2. The molecule has 0 saturated heterocycles. The molecule has 78 valence electrons. The first-order valence-corrected chi connectivity index (χ1v) is 6.69. The molecule has 1 saturated carbocycles. The second-order valence-electron chi connectivity index (χ2n) is 4.23. The highest BCUT2D eigenvalue weighted by atomic mass is 31.1. The highest BCUT2D eigenvalue weighted by Gasteiger charge is 2.35. The lowest BCUT2D eigenvalue weighted by Gasteiger charge is -2.38. The molecule has 1 aliphatic carbocycles. The Morgan fingerprint density at radius 3 is 2.36 bits per heavy atom. The molecule has 1 fully saturated rings. The lowest BCUT2D eigenvalue weighted by Crippen LogP contribution is -2.37. The van der Waals surface area contributed by atoms with Gasteiger partial charge in [-0.1, -0.05) is 39.5 Å². The van der Waals surface area contributed by atoms with Crippen LogP contribution in [0.5, 0.6) is 0 Å². The molecule has 0 spiro atoms. The van der Waals surface area contributed by atoms with Crippen LogP contribution in [-0.2, 0) is 4.74 Å². The molecule has 0 aromatic heterocycles. The summed E-state index contributed by atoms with van der Waals surface area (Å²) in [6.07, 6.45) is 11.4. The van der Waals surface area contributed by atoms with Crippen LogP contribution in [0.4, 0.5) is 0 Å². The summed E-state index contributed by atoms with van der Waals surface area (Å²) in [5, 5.41) is 0. The molecule has 0 aromatic carbocycles. The Hall–Kier alpha value is -0.130. The van der Waals surface area contributed by atoms with Crippen molar-refractivity contribution < 1.29 is 4.74 Å². The maximum absolute atomic E-state index is 5.75. The molecule has 2 rings (SSSR count). The van der Waals surface area contributed by atoms with Gasteiger partial charge in [0.1, 0.15) is 5.60 Å². The fourth-order valence-corrected chi connectivity index (χ4v) is 3.42. The van der Waals surface area contributed by atoms with Gasteiger partial charge in [0.05, 0.1) is 0 Å². The van der Waals surface area contributed by atoms with Crippen molar-refractivity contribution in [2.24, 2.45) is 5.92 Å². The minimum atomic E-state index is -0.0638. The van der Waals surface area contributed by atoms with E-state index < -0.39 is 0 Å². The molecule has 0 unspecified atom stereocenters. The van der Waals surface area contributed by atoms with Crippen LogP contribution in [0.25, 0.3) is 0 Å². The van der Waals surface area contributed by atoms with Gasteiger partial charge in [-0.15, -0.1) is 0 Å². The van der Waals surface area contributed by atoms with E-state index in [0.29, 0.717) is 5.92 Å². The van der Waals surface area contributed by atoms with Crippen LogP contribution >= 0.6 is 8.58 Å². The largest absolute Gasteiger partial charge is 0.370 e. The Morgan fingerprint density at radius 2 is 1.79 bits per heavy atom. The molecule has 2 heteroatoms. The molecular weight excluding hydrogens is 191 g/mol. The van der Waals surface area contributed by atoms with Gasteiger partial charge in [0, 0.05) is 7.11 Å². The molecular formula is C12H19OP. The second kappa shape index (κ2) is 4.59. The first kappa shape index (κ1) is 10.4. The maximum atomic E-state index is 5.75. The van der Waals surface area contributed by atoms with Crippen LogP contribution < -0.4 is 0 Å². The van der Waals surface area contributed by atoms with Crippen molar-refractivity contribution in [2.75, 3.05) is 7.11 Å². The van der Waals surface area contributed by atoms with Crippen LogP contribution in [0.2, 0.25) is 0 Å². The molecule has 0 aromatic rings. The Bertz CT molecular complexity index is 227. The van der Waals surface area contributed by atoms with Crippen LogP contribution in [0.1, 0.15) is 32.1 Å². The summed E-state index contributed by atoms with van der Waals surface area (Å²) in [5.74, 6) is 5.23. The fraction of sp³-hybridized carbons (Fsp3) is 0.667. The van der Waals surface area contributed by atoms with Crippen LogP contribution in [-0.4, -0.2) is 12.7 Å². The molecule has 14 heavy (non-hydrogen) atoms. The Labute approximate surface area is 88.4 Å². The molecule has 0 bridgehead atoms. The SMILES string of the molecule is COC1(C2CCCCC2)C=CPC=C1. The molecule has 1 nitrogen and oxygen atoms in total.